The van der Waals surface area contributed by atoms with Crippen molar-refractivity contribution >= 4 is 17.3 Å². The number of hydrogen-bond donors (Lipinski definition) is 0. The van der Waals surface area contributed by atoms with Gasteiger partial charge in [-0.1, -0.05) is 6.42 Å². The summed E-state index contributed by atoms with van der Waals surface area (Å²) in [6.07, 6.45) is 11.3. The van der Waals surface area contributed by atoms with E-state index in [0.717, 1.165) is 63.6 Å². The second-order valence-electron chi connectivity index (χ2n) is 10.6. The summed E-state index contributed by atoms with van der Waals surface area (Å²) < 4.78 is 25.9. The maximum absolute atomic E-state index is 13.6. The third kappa shape index (κ3) is 4.91. The topological polar surface area (TPSA) is 71.0 Å². The minimum absolute atomic E-state index is 0.0110. The van der Waals surface area contributed by atoms with Crippen LogP contribution in [-0.2, 0) is 9.53 Å². The van der Waals surface area contributed by atoms with Gasteiger partial charge in [0, 0.05) is 56.2 Å². The number of morpholine rings is 1. The number of aromatic nitrogens is 2. The van der Waals surface area contributed by atoms with E-state index in [-0.39, 0.29) is 18.6 Å². The molecule has 1 aliphatic carbocycles. The lowest BCUT2D eigenvalue weighted by molar-refractivity contribution is -0.141. The second-order valence-corrected chi connectivity index (χ2v) is 10.6. The molecule has 0 bridgehead atoms. The van der Waals surface area contributed by atoms with Crippen LogP contribution in [0.4, 0.5) is 15.8 Å². The predicted molar refractivity (Wildman–Crippen MR) is 134 cm³/mol. The van der Waals surface area contributed by atoms with Crippen molar-refractivity contribution in [3.05, 3.63) is 42.6 Å². The van der Waals surface area contributed by atoms with Gasteiger partial charge in [-0.2, -0.15) is 4.39 Å². The van der Waals surface area contributed by atoms with Crippen molar-refractivity contribution in [2.45, 2.75) is 62.7 Å². The van der Waals surface area contributed by atoms with E-state index in [1.165, 1.54) is 31.5 Å². The lowest BCUT2D eigenvalue weighted by Crippen LogP contribution is -2.59. The van der Waals surface area contributed by atoms with E-state index in [2.05, 4.69) is 25.8 Å². The number of pyridine rings is 2. The summed E-state index contributed by atoms with van der Waals surface area (Å²) >= 11 is 0. The average molecular weight is 496 g/mol. The zero-order chi connectivity index (χ0) is 24.5. The van der Waals surface area contributed by atoms with Crippen LogP contribution in [-0.4, -0.2) is 77.9 Å². The maximum atomic E-state index is 13.6. The first-order valence-corrected chi connectivity index (χ1v) is 13.2. The van der Waals surface area contributed by atoms with E-state index in [4.69, 9.17) is 9.47 Å². The molecular weight excluding hydrogens is 461 g/mol. The Morgan fingerprint density at radius 3 is 2.47 bits per heavy atom. The molecule has 36 heavy (non-hydrogen) atoms. The van der Waals surface area contributed by atoms with Crippen LogP contribution < -0.4 is 14.5 Å². The fourth-order valence-electron chi connectivity index (χ4n) is 5.90. The highest BCUT2D eigenvalue weighted by Gasteiger charge is 2.43. The number of likely N-dealkylation sites (tertiary alicyclic amines) is 1. The standard InChI is InChI=1S/C27H34FN5O3/c28-24-16-21(6-11-29-24)33-19-27(35-18-26(33)34)9-14-32(15-10-27)22-4-5-25(30-17-22)36-23-7-12-31(13-8-23)20-2-1-3-20/h4-6,11,16-17,20,23H,1-3,7-10,12-15,18-19H2. The number of amides is 1. The van der Waals surface area contributed by atoms with Gasteiger partial charge in [0.1, 0.15) is 12.7 Å². The molecule has 4 aliphatic rings. The molecular formula is C27H34FN5O3. The summed E-state index contributed by atoms with van der Waals surface area (Å²) in [6.45, 7) is 4.29. The van der Waals surface area contributed by atoms with Gasteiger partial charge in [0.05, 0.1) is 24.0 Å². The fraction of sp³-hybridized carbons (Fsp3) is 0.593. The van der Waals surface area contributed by atoms with Crippen LogP contribution in [0.15, 0.2) is 36.7 Å². The van der Waals surface area contributed by atoms with Crippen molar-refractivity contribution in [1.82, 2.24) is 14.9 Å². The molecule has 2 aromatic rings. The molecule has 5 heterocycles. The van der Waals surface area contributed by atoms with Crippen molar-refractivity contribution in [3.63, 3.8) is 0 Å². The molecule has 8 nitrogen and oxygen atoms in total. The first-order valence-electron chi connectivity index (χ1n) is 13.2. The third-order valence-electron chi connectivity index (χ3n) is 8.39. The van der Waals surface area contributed by atoms with Crippen molar-refractivity contribution in [1.29, 1.82) is 0 Å². The first-order chi connectivity index (χ1) is 17.6. The molecule has 4 fully saturated rings. The summed E-state index contributed by atoms with van der Waals surface area (Å²) in [5, 5.41) is 0. The molecule has 1 saturated carbocycles. The van der Waals surface area contributed by atoms with Gasteiger partial charge in [-0.05, 0) is 50.7 Å². The zero-order valence-electron chi connectivity index (χ0n) is 20.6. The molecule has 9 heteroatoms. The van der Waals surface area contributed by atoms with E-state index in [9.17, 15) is 9.18 Å². The quantitative estimate of drug-likeness (QED) is 0.589. The van der Waals surface area contributed by atoms with Crippen LogP contribution in [0.3, 0.4) is 0 Å². The lowest BCUT2D eigenvalue weighted by atomic mass is 9.89. The number of nitrogens with zero attached hydrogens (tertiary/aromatic N) is 5. The number of rotatable bonds is 5. The number of halogens is 1. The van der Waals surface area contributed by atoms with Gasteiger partial charge in [0.25, 0.3) is 5.91 Å². The van der Waals surface area contributed by atoms with E-state index >= 15 is 0 Å². The number of carbonyl (C=O) groups excluding carboxylic acids is 1. The van der Waals surface area contributed by atoms with Crippen LogP contribution in [0.1, 0.15) is 44.9 Å². The Morgan fingerprint density at radius 2 is 1.81 bits per heavy atom. The molecule has 0 unspecified atom stereocenters. The summed E-state index contributed by atoms with van der Waals surface area (Å²) in [5.41, 5.74) is 1.18. The molecule has 6 rings (SSSR count). The summed E-state index contributed by atoms with van der Waals surface area (Å²) in [6, 6.07) is 7.85. The molecule has 192 valence electrons. The SMILES string of the molecule is O=C1COC2(CCN(c3ccc(OC4CCN(C5CCC5)CC4)nc3)CC2)CN1c1ccnc(F)c1. The van der Waals surface area contributed by atoms with E-state index < -0.39 is 11.5 Å². The van der Waals surface area contributed by atoms with E-state index in [1.807, 2.05) is 12.3 Å². The Kier molecular flexibility index (Phi) is 6.52. The maximum Gasteiger partial charge on any atom is 0.253 e. The largest absolute Gasteiger partial charge is 0.474 e. The smallest absolute Gasteiger partial charge is 0.253 e. The number of piperidine rings is 2. The number of anilines is 2. The van der Waals surface area contributed by atoms with Gasteiger partial charge in [0.2, 0.25) is 11.8 Å². The molecule has 3 saturated heterocycles. The number of hydrogen-bond acceptors (Lipinski definition) is 7. The molecule has 0 atom stereocenters. The molecule has 3 aliphatic heterocycles. The van der Waals surface area contributed by atoms with E-state index in [1.54, 1.807) is 11.0 Å². The predicted octanol–water partition coefficient (Wildman–Crippen LogP) is 3.41. The third-order valence-corrected chi connectivity index (χ3v) is 8.39. The van der Waals surface area contributed by atoms with Gasteiger partial charge in [-0.25, -0.2) is 9.97 Å². The van der Waals surface area contributed by atoms with Gasteiger partial charge >= 0.3 is 0 Å². The highest BCUT2D eigenvalue weighted by molar-refractivity contribution is 5.95. The summed E-state index contributed by atoms with van der Waals surface area (Å²) in [5.74, 6) is -0.0412. The Hall–Kier alpha value is -2.78. The highest BCUT2D eigenvalue weighted by atomic mass is 19.1. The zero-order valence-corrected chi connectivity index (χ0v) is 20.6. The summed E-state index contributed by atoms with van der Waals surface area (Å²) in [4.78, 5) is 27.2. The van der Waals surface area contributed by atoms with Crippen molar-refractivity contribution in [3.8, 4) is 5.88 Å². The normalized spacial score (nSPS) is 23.6. The minimum Gasteiger partial charge on any atom is -0.474 e. The lowest BCUT2D eigenvalue weighted by Gasteiger charge is -2.47. The molecule has 0 aromatic carbocycles. The van der Waals surface area contributed by atoms with Crippen molar-refractivity contribution in [2.75, 3.05) is 49.1 Å². The number of ether oxygens (including phenoxy) is 2. The Balaban J connectivity index is 1.02. The van der Waals surface area contributed by atoms with Crippen molar-refractivity contribution < 1.29 is 18.7 Å². The van der Waals surface area contributed by atoms with Crippen LogP contribution in [0, 0.1) is 5.95 Å². The number of carbonyl (C=O) groups is 1. The molecule has 0 N–H and O–H groups in total. The van der Waals surface area contributed by atoms with Gasteiger partial charge < -0.3 is 24.2 Å². The Bertz CT molecular complexity index is 1060. The molecule has 1 spiro atoms. The Morgan fingerprint density at radius 1 is 1.00 bits per heavy atom. The van der Waals surface area contributed by atoms with Crippen LogP contribution in [0.2, 0.25) is 0 Å². The Labute approximate surface area is 211 Å². The first kappa shape index (κ1) is 23.6. The van der Waals surface area contributed by atoms with Gasteiger partial charge in [0.15, 0.2) is 0 Å². The van der Waals surface area contributed by atoms with E-state index in [0.29, 0.717) is 18.1 Å². The average Bonchev–Trinajstić information content (AvgIpc) is 2.87. The van der Waals surface area contributed by atoms with Gasteiger partial charge in [-0.3, -0.25) is 4.79 Å². The fourth-order valence-corrected chi connectivity index (χ4v) is 5.90. The van der Waals surface area contributed by atoms with Crippen LogP contribution in [0.25, 0.3) is 0 Å². The summed E-state index contributed by atoms with van der Waals surface area (Å²) in [7, 11) is 0. The monoisotopic (exact) mass is 495 g/mol. The van der Waals surface area contributed by atoms with Gasteiger partial charge in [-0.15, -0.1) is 0 Å². The molecule has 2 aromatic heterocycles. The molecule has 1 amide bonds. The van der Waals surface area contributed by atoms with Crippen LogP contribution >= 0.6 is 0 Å². The minimum atomic E-state index is -0.588. The van der Waals surface area contributed by atoms with Crippen molar-refractivity contribution in [2.24, 2.45) is 0 Å². The molecule has 0 radical (unpaired) electrons. The highest BCUT2D eigenvalue weighted by Crippen LogP contribution is 2.35. The van der Waals surface area contributed by atoms with Crippen LogP contribution in [0.5, 0.6) is 5.88 Å². The second kappa shape index (κ2) is 9.94.